The quantitative estimate of drug-likeness (QED) is 0.299. The number of benzene rings is 3. The van der Waals surface area contributed by atoms with Crippen LogP contribution in [0.25, 0.3) is 11.5 Å². The van der Waals surface area contributed by atoms with Crippen molar-refractivity contribution in [3.8, 4) is 11.5 Å². The Labute approximate surface area is 185 Å². The van der Waals surface area contributed by atoms with Gasteiger partial charge in [-0.05, 0) is 39.0 Å². The van der Waals surface area contributed by atoms with Crippen LogP contribution in [0.15, 0.2) is 77.2 Å². The summed E-state index contributed by atoms with van der Waals surface area (Å²) in [5.74, 6) is -0.359. The number of ketones is 1. The number of aryl methyl sites for hydroxylation is 2. The summed E-state index contributed by atoms with van der Waals surface area (Å²) in [6, 6.07) is 21.5. The molecule has 0 aliphatic carbocycles. The van der Waals surface area contributed by atoms with E-state index in [9.17, 15) is 9.59 Å². The molecule has 6 nitrogen and oxygen atoms in total. The Bertz CT molecular complexity index is 1260. The molecule has 6 heteroatoms. The fourth-order valence-corrected chi connectivity index (χ4v) is 3.21. The molecule has 4 rings (SSSR count). The first kappa shape index (κ1) is 21.2. The molecule has 0 fully saturated rings. The van der Waals surface area contributed by atoms with Crippen molar-refractivity contribution in [1.29, 1.82) is 0 Å². The van der Waals surface area contributed by atoms with Gasteiger partial charge in [0.1, 0.15) is 0 Å². The molecular weight excluding hydrogens is 404 g/mol. The zero-order chi connectivity index (χ0) is 22.7. The van der Waals surface area contributed by atoms with E-state index in [4.69, 9.17) is 9.15 Å². The lowest BCUT2D eigenvalue weighted by molar-refractivity contribution is 0.0278. The predicted molar refractivity (Wildman–Crippen MR) is 119 cm³/mol. The van der Waals surface area contributed by atoms with E-state index in [2.05, 4.69) is 10.2 Å². The molecule has 0 radical (unpaired) electrons. The minimum atomic E-state index is -0.781. The fraction of sp³-hybridized carbons (Fsp3) is 0.154. The first-order valence-corrected chi connectivity index (χ1v) is 10.2. The van der Waals surface area contributed by atoms with E-state index in [1.165, 1.54) is 0 Å². The van der Waals surface area contributed by atoms with Gasteiger partial charge < -0.3 is 9.15 Å². The van der Waals surface area contributed by atoms with E-state index in [0.717, 1.165) is 16.7 Å². The van der Waals surface area contributed by atoms with Gasteiger partial charge in [0.25, 0.3) is 5.89 Å². The van der Waals surface area contributed by atoms with Crippen LogP contribution in [0.5, 0.6) is 0 Å². The molecular formula is C26H22N2O4. The summed E-state index contributed by atoms with van der Waals surface area (Å²) in [5.41, 5.74) is 3.91. The Morgan fingerprint density at radius 3 is 2.06 bits per heavy atom. The molecule has 0 N–H and O–H groups in total. The molecule has 0 amide bonds. The smallest absolute Gasteiger partial charge is 0.339 e. The van der Waals surface area contributed by atoms with Crippen LogP contribution in [-0.2, 0) is 4.74 Å². The Hall–Kier alpha value is -4.06. The summed E-state index contributed by atoms with van der Waals surface area (Å²) in [4.78, 5) is 25.9. The third kappa shape index (κ3) is 4.49. The summed E-state index contributed by atoms with van der Waals surface area (Å²) in [5, 5.41) is 8.06. The van der Waals surface area contributed by atoms with Gasteiger partial charge in [0, 0.05) is 16.7 Å². The highest BCUT2D eigenvalue weighted by Gasteiger charge is 2.24. The van der Waals surface area contributed by atoms with Crippen molar-refractivity contribution in [2.75, 3.05) is 0 Å². The minimum absolute atomic E-state index is 0.177. The zero-order valence-corrected chi connectivity index (χ0v) is 18.0. The van der Waals surface area contributed by atoms with Gasteiger partial charge in [-0.1, -0.05) is 65.7 Å². The van der Waals surface area contributed by atoms with Crippen molar-refractivity contribution in [3.63, 3.8) is 0 Å². The van der Waals surface area contributed by atoms with Gasteiger partial charge in [0.15, 0.2) is 11.9 Å². The highest BCUT2D eigenvalue weighted by molar-refractivity contribution is 6.14. The molecule has 0 aliphatic heterocycles. The van der Waals surface area contributed by atoms with E-state index < -0.39 is 12.1 Å². The monoisotopic (exact) mass is 426 g/mol. The standard InChI is InChI=1S/C26H22N2O4/c1-16-8-12-19(13-9-16)23(29)21-6-4-5-7-22(21)26(30)31-18(3)24-27-28-25(32-24)20-14-10-17(2)11-15-20/h4-15,18H,1-3H3. The third-order valence-electron chi connectivity index (χ3n) is 5.08. The molecule has 0 saturated heterocycles. The predicted octanol–water partition coefficient (Wildman–Crippen LogP) is 5.50. The maximum absolute atomic E-state index is 13.0. The van der Waals surface area contributed by atoms with Gasteiger partial charge in [0.2, 0.25) is 5.89 Å². The highest BCUT2D eigenvalue weighted by Crippen LogP contribution is 2.24. The van der Waals surface area contributed by atoms with Gasteiger partial charge in [-0.3, -0.25) is 4.79 Å². The van der Waals surface area contributed by atoms with E-state index in [1.54, 1.807) is 43.3 Å². The Balaban J connectivity index is 1.53. The lowest BCUT2D eigenvalue weighted by Gasteiger charge is -2.12. The topological polar surface area (TPSA) is 82.3 Å². The first-order chi connectivity index (χ1) is 15.4. The number of carbonyl (C=O) groups is 2. The number of nitrogens with zero attached hydrogens (tertiary/aromatic N) is 2. The van der Waals surface area contributed by atoms with E-state index >= 15 is 0 Å². The van der Waals surface area contributed by atoms with Crippen LogP contribution in [0.3, 0.4) is 0 Å². The molecule has 0 spiro atoms. The number of aromatic nitrogens is 2. The van der Waals surface area contributed by atoms with Crippen molar-refractivity contribution < 1.29 is 18.7 Å². The van der Waals surface area contributed by atoms with E-state index in [-0.39, 0.29) is 22.8 Å². The molecule has 0 aliphatic rings. The van der Waals surface area contributed by atoms with Gasteiger partial charge in [-0.15, -0.1) is 10.2 Å². The summed E-state index contributed by atoms with van der Waals surface area (Å²) in [6.07, 6.45) is -0.781. The van der Waals surface area contributed by atoms with Crippen LogP contribution in [0.2, 0.25) is 0 Å². The van der Waals surface area contributed by atoms with E-state index in [0.29, 0.717) is 11.5 Å². The third-order valence-corrected chi connectivity index (χ3v) is 5.08. The van der Waals surface area contributed by atoms with Crippen molar-refractivity contribution in [1.82, 2.24) is 10.2 Å². The average Bonchev–Trinajstić information content (AvgIpc) is 3.30. The van der Waals surface area contributed by atoms with Crippen molar-refractivity contribution in [3.05, 3.63) is 107 Å². The number of hydrogen-bond acceptors (Lipinski definition) is 6. The number of ether oxygens (including phenoxy) is 1. The number of esters is 1. The largest absolute Gasteiger partial charge is 0.449 e. The lowest BCUT2D eigenvalue weighted by Crippen LogP contribution is -2.14. The lowest BCUT2D eigenvalue weighted by atomic mass is 9.98. The molecule has 1 unspecified atom stereocenters. The number of hydrogen-bond donors (Lipinski definition) is 0. The molecule has 32 heavy (non-hydrogen) atoms. The number of rotatable bonds is 6. The zero-order valence-electron chi connectivity index (χ0n) is 18.0. The molecule has 3 aromatic carbocycles. The van der Waals surface area contributed by atoms with Gasteiger partial charge >= 0.3 is 5.97 Å². The normalized spacial score (nSPS) is 11.7. The van der Waals surface area contributed by atoms with Crippen molar-refractivity contribution >= 4 is 11.8 Å². The maximum Gasteiger partial charge on any atom is 0.339 e. The summed E-state index contributed by atoms with van der Waals surface area (Å²) >= 11 is 0. The average molecular weight is 426 g/mol. The van der Waals surface area contributed by atoms with Crippen molar-refractivity contribution in [2.45, 2.75) is 26.9 Å². The van der Waals surface area contributed by atoms with Crippen molar-refractivity contribution in [2.24, 2.45) is 0 Å². The second-order valence-electron chi connectivity index (χ2n) is 7.60. The highest BCUT2D eigenvalue weighted by atomic mass is 16.6. The second kappa shape index (κ2) is 8.98. The maximum atomic E-state index is 13.0. The van der Waals surface area contributed by atoms with Crippen LogP contribution in [0, 0.1) is 13.8 Å². The summed E-state index contributed by atoms with van der Waals surface area (Å²) < 4.78 is 11.2. The van der Waals surface area contributed by atoms with Gasteiger partial charge in [0.05, 0.1) is 5.56 Å². The fourth-order valence-electron chi connectivity index (χ4n) is 3.21. The Kier molecular flexibility index (Phi) is 5.94. The minimum Gasteiger partial charge on any atom is -0.449 e. The molecule has 1 atom stereocenters. The Morgan fingerprint density at radius 2 is 1.41 bits per heavy atom. The Morgan fingerprint density at radius 1 is 0.812 bits per heavy atom. The molecule has 0 bridgehead atoms. The molecule has 160 valence electrons. The molecule has 1 heterocycles. The molecule has 1 aromatic heterocycles. The van der Waals surface area contributed by atoms with Crippen LogP contribution >= 0.6 is 0 Å². The summed E-state index contributed by atoms with van der Waals surface area (Å²) in [6.45, 7) is 5.59. The first-order valence-electron chi connectivity index (χ1n) is 10.2. The van der Waals surface area contributed by atoms with Crippen LogP contribution in [0.4, 0.5) is 0 Å². The van der Waals surface area contributed by atoms with Gasteiger partial charge in [-0.25, -0.2) is 4.79 Å². The SMILES string of the molecule is Cc1ccc(C(=O)c2ccccc2C(=O)OC(C)c2nnc(-c3ccc(C)cc3)o2)cc1. The summed E-state index contributed by atoms with van der Waals surface area (Å²) in [7, 11) is 0. The van der Waals surface area contributed by atoms with Crippen LogP contribution in [-0.4, -0.2) is 21.9 Å². The molecule has 4 aromatic rings. The van der Waals surface area contributed by atoms with Gasteiger partial charge in [-0.2, -0.15) is 0 Å². The molecule has 0 saturated carbocycles. The van der Waals surface area contributed by atoms with E-state index in [1.807, 2.05) is 50.2 Å². The second-order valence-corrected chi connectivity index (χ2v) is 7.60. The number of carbonyl (C=O) groups excluding carboxylic acids is 2. The van der Waals surface area contributed by atoms with Crippen LogP contribution in [0.1, 0.15) is 56.3 Å². The van der Waals surface area contributed by atoms with Crippen LogP contribution < -0.4 is 0 Å².